The van der Waals surface area contributed by atoms with Gasteiger partial charge in [0.1, 0.15) is 0 Å². The molecule has 2 unspecified atom stereocenters. The number of hydrogen-bond acceptors (Lipinski definition) is 4. The molecule has 1 amide bonds. The van der Waals surface area contributed by atoms with Crippen molar-refractivity contribution < 1.29 is 14.3 Å². The molecule has 0 fully saturated rings. The van der Waals surface area contributed by atoms with Gasteiger partial charge in [-0.25, -0.2) is 4.79 Å². The first-order valence-corrected chi connectivity index (χ1v) is 12.0. The number of hydrogen-bond donors (Lipinski definition) is 2. The van der Waals surface area contributed by atoms with Crippen LogP contribution in [0.1, 0.15) is 72.9 Å². The number of allylic oxidation sites excluding steroid dienone is 1. The van der Waals surface area contributed by atoms with Crippen LogP contribution in [0.2, 0.25) is 0 Å². The van der Waals surface area contributed by atoms with Gasteiger partial charge in [0.15, 0.2) is 5.11 Å². The van der Waals surface area contributed by atoms with E-state index in [0.29, 0.717) is 29.6 Å². The second-order valence-electron chi connectivity index (χ2n) is 10.7. The summed E-state index contributed by atoms with van der Waals surface area (Å²) in [6, 6.07) is 7.12. The number of ether oxygens (including phenoxy) is 1. The van der Waals surface area contributed by atoms with Crippen LogP contribution in [0.25, 0.3) is 0 Å². The van der Waals surface area contributed by atoms with E-state index in [9.17, 15) is 9.59 Å². The Morgan fingerprint density at radius 2 is 1.79 bits per heavy atom. The van der Waals surface area contributed by atoms with Gasteiger partial charge in [-0.05, 0) is 60.5 Å². The van der Waals surface area contributed by atoms with Crippen LogP contribution in [-0.4, -0.2) is 35.5 Å². The van der Waals surface area contributed by atoms with E-state index in [-0.39, 0.29) is 23.2 Å². The number of rotatable bonds is 8. The second-order valence-corrected chi connectivity index (χ2v) is 11.1. The topological polar surface area (TPSA) is 70.7 Å². The van der Waals surface area contributed by atoms with Gasteiger partial charge >= 0.3 is 5.97 Å². The van der Waals surface area contributed by atoms with E-state index < -0.39 is 6.04 Å². The van der Waals surface area contributed by atoms with Crippen molar-refractivity contribution in [2.75, 3.05) is 19.0 Å². The van der Waals surface area contributed by atoms with Crippen LogP contribution >= 0.6 is 12.2 Å². The normalized spacial score (nSPS) is 17.7. The van der Waals surface area contributed by atoms with Crippen molar-refractivity contribution in [1.82, 2.24) is 10.2 Å². The maximum Gasteiger partial charge on any atom is 0.338 e. The molecule has 0 spiro atoms. The lowest BCUT2D eigenvalue weighted by molar-refractivity contribution is -0.140. The Balaban J connectivity index is 2.16. The number of nitrogens with zero attached hydrogens (tertiary/aromatic N) is 1. The monoisotopic (exact) mass is 473 g/mol. The minimum atomic E-state index is -0.412. The fourth-order valence-corrected chi connectivity index (χ4v) is 4.33. The molecule has 0 saturated heterocycles. The number of thiocarbonyl (C=S) groups is 1. The fourth-order valence-electron chi connectivity index (χ4n) is 4.07. The molecule has 6 nitrogen and oxygen atoms in total. The zero-order valence-corrected chi connectivity index (χ0v) is 22.1. The standard InChI is InChI=1S/C26H39N3O3S/c1-16(2)15-32-24(31)22-18(4)29(8)25(33)28-23(22)19-9-11-20(12-10-19)27-21(30)13-17(3)14-26(5,6)7/h9-12,16-17,23H,13-15H2,1-8H3,(H,27,30)(H,28,33). The minimum absolute atomic E-state index is 0.00628. The Labute approximate surface area is 204 Å². The molecule has 7 heteroatoms. The van der Waals surface area contributed by atoms with Gasteiger partial charge in [0.2, 0.25) is 5.91 Å². The van der Waals surface area contributed by atoms with Crippen molar-refractivity contribution in [2.45, 2.75) is 67.3 Å². The van der Waals surface area contributed by atoms with Crippen LogP contribution in [0.4, 0.5) is 5.69 Å². The molecule has 182 valence electrons. The number of carbonyl (C=O) groups is 2. The summed E-state index contributed by atoms with van der Waals surface area (Å²) in [5.74, 6) is 0.212. The molecular formula is C26H39N3O3S. The van der Waals surface area contributed by atoms with Crippen molar-refractivity contribution in [3.05, 3.63) is 41.1 Å². The predicted octanol–water partition coefficient (Wildman–Crippen LogP) is 5.42. The molecule has 0 aliphatic carbocycles. The van der Waals surface area contributed by atoms with Crippen LogP contribution in [-0.2, 0) is 14.3 Å². The van der Waals surface area contributed by atoms with Gasteiger partial charge in [-0.2, -0.15) is 0 Å². The van der Waals surface area contributed by atoms with Crippen LogP contribution in [0.5, 0.6) is 0 Å². The lowest BCUT2D eigenvalue weighted by atomic mass is 9.84. The number of esters is 1. The Kier molecular flexibility index (Phi) is 9.06. The van der Waals surface area contributed by atoms with Crippen LogP contribution < -0.4 is 10.6 Å². The van der Waals surface area contributed by atoms with E-state index in [1.54, 1.807) is 4.90 Å². The highest BCUT2D eigenvalue weighted by atomic mass is 32.1. The van der Waals surface area contributed by atoms with Crippen LogP contribution in [0.15, 0.2) is 35.5 Å². The summed E-state index contributed by atoms with van der Waals surface area (Å²) in [5, 5.41) is 6.78. The van der Waals surface area contributed by atoms with Crippen LogP contribution in [0.3, 0.4) is 0 Å². The molecule has 0 radical (unpaired) electrons. The zero-order valence-electron chi connectivity index (χ0n) is 21.2. The number of carbonyl (C=O) groups excluding carboxylic acids is 2. The molecule has 1 aromatic rings. The van der Waals surface area contributed by atoms with Gasteiger partial charge in [-0.15, -0.1) is 0 Å². The van der Waals surface area contributed by atoms with Crippen LogP contribution in [0, 0.1) is 17.3 Å². The molecule has 2 rings (SSSR count). The third-order valence-electron chi connectivity index (χ3n) is 5.54. The minimum Gasteiger partial charge on any atom is -0.462 e. The highest BCUT2D eigenvalue weighted by Gasteiger charge is 2.33. The molecule has 0 aromatic heterocycles. The Bertz CT molecular complexity index is 900. The smallest absolute Gasteiger partial charge is 0.338 e. The Morgan fingerprint density at radius 1 is 1.18 bits per heavy atom. The first-order chi connectivity index (χ1) is 15.3. The second kappa shape index (κ2) is 11.1. The Morgan fingerprint density at radius 3 is 2.33 bits per heavy atom. The number of anilines is 1. The summed E-state index contributed by atoms with van der Waals surface area (Å²) in [6.45, 7) is 14.9. The number of benzene rings is 1. The maximum absolute atomic E-state index is 12.9. The molecule has 2 N–H and O–H groups in total. The van der Waals surface area contributed by atoms with Crippen molar-refractivity contribution >= 4 is 34.9 Å². The molecule has 33 heavy (non-hydrogen) atoms. The van der Waals surface area contributed by atoms with Gasteiger partial charge in [0.05, 0.1) is 18.2 Å². The molecule has 1 aliphatic rings. The summed E-state index contributed by atoms with van der Waals surface area (Å²) in [5.41, 5.74) is 3.11. The lowest BCUT2D eigenvalue weighted by Gasteiger charge is -2.35. The number of amides is 1. The summed E-state index contributed by atoms with van der Waals surface area (Å²) in [7, 11) is 1.83. The third kappa shape index (κ3) is 7.84. The van der Waals surface area contributed by atoms with Crippen molar-refractivity contribution in [2.24, 2.45) is 17.3 Å². The van der Waals surface area contributed by atoms with Gasteiger partial charge in [0.25, 0.3) is 0 Å². The van der Waals surface area contributed by atoms with Crippen molar-refractivity contribution in [3.8, 4) is 0 Å². The molecule has 0 saturated carbocycles. The highest BCUT2D eigenvalue weighted by Crippen LogP contribution is 2.32. The molecule has 1 aliphatic heterocycles. The van der Waals surface area contributed by atoms with Gasteiger partial charge in [0, 0.05) is 24.9 Å². The summed E-state index contributed by atoms with van der Waals surface area (Å²) in [6.07, 6.45) is 1.47. The quantitative estimate of drug-likeness (QED) is 0.388. The maximum atomic E-state index is 12.9. The van der Waals surface area contributed by atoms with E-state index in [1.165, 1.54) is 0 Å². The van der Waals surface area contributed by atoms with Gasteiger partial charge in [-0.1, -0.05) is 53.7 Å². The molecule has 2 atom stereocenters. The average molecular weight is 474 g/mol. The number of nitrogens with one attached hydrogen (secondary N) is 2. The van der Waals surface area contributed by atoms with E-state index in [1.807, 2.05) is 52.1 Å². The molecule has 1 heterocycles. The Hall–Kier alpha value is -2.41. The summed E-state index contributed by atoms with van der Waals surface area (Å²) < 4.78 is 5.53. The van der Waals surface area contributed by atoms with E-state index >= 15 is 0 Å². The highest BCUT2D eigenvalue weighted by molar-refractivity contribution is 7.80. The first-order valence-electron chi connectivity index (χ1n) is 11.6. The van der Waals surface area contributed by atoms with Crippen molar-refractivity contribution in [1.29, 1.82) is 0 Å². The van der Waals surface area contributed by atoms with Crippen molar-refractivity contribution in [3.63, 3.8) is 0 Å². The van der Waals surface area contributed by atoms with Gasteiger partial charge < -0.3 is 20.3 Å². The first kappa shape index (κ1) is 26.8. The van der Waals surface area contributed by atoms with E-state index in [2.05, 4.69) is 38.3 Å². The predicted molar refractivity (Wildman–Crippen MR) is 138 cm³/mol. The van der Waals surface area contributed by atoms with E-state index in [4.69, 9.17) is 17.0 Å². The third-order valence-corrected chi connectivity index (χ3v) is 5.94. The lowest BCUT2D eigenvalue weighted by Crippen LogP contribution is -2.46. The molecular weight excluding hydrogens is 434 g/mol. The summed E-state index contributed by atoms with van der Waals surface area (Å²) >= 11 is 5.46. The largest absolute Gasteiger partial charge is 0.462 e. The molecule has 1 aromatic carbocycles. The average Bonchev–Trinajstić information content (AvgIpc) is 2.69. The fraction of sp³-hybridized carbons (Fsp3) is 0.577. The summed E-state index contributed by atoms with van der Waals surface area (Å²) in [4.78, 5) is 27.2. The van der Waals surface area contributed by atoms with Gasteiger partial charge in [-0.3, -0.25) is 4.79 Å². The SMILES string of the molecule is CC1=C(C(=O)OCC(C)C)C(c2ccc(NC(=O)CC(C)CC(C)(C)C)cc2)NC(=S)N1C. The van der Waals surface area contributed by atoms with E-state index in [0.717, 1.165) is 23.4 Å². The zero-order chi connectivity index (χ0) is 24.9. The molecule has 0 bridgehead atoms.